The van der Waals surface area contributed by atoms with E-state index in [4.69, 9.17) is 14.9 Å². The first kappa shape index (κ1) is 15.3. The van der Waals surface area contributed by atoms with Crippen molar-refractivity contribution in [3.05, 3.63) is 82.8 Å². The molecular weight excluding hydrogens is 316 g/mol. The van der Waals surface area contributed by atoms with Crippen LogP contribution in [0.4, 0.5) is 0 Å². The Labute approximate surface area is 145 Å². The number of hydrogen-bond acceptors (Lipinski definition) is 5. The van der Waals surface area contributed by atoms with Crippen molar-refractivity contribution in [2.45, 2.75) is 24.7 Å². The van der Waals surface area contributed by atoms with Crippen molar-refractivity contribution >= 4 is 5.78 Å². The number of allylic oxidation sites excluding steroid dienone is 3. The largest absolute Gasteiger partial charge is 0.469 e. The number of nitrogens with two attached hydrogens (primary N) is 1. The zero-order valence-corrected chi connectivity index (χ0v) is 13.4. The fourth-order valence-corrected chi connectivity index (χ4v) is 3.61. The summed E-state index contributed by atoms with van der Waals surface area (Å²) in [5.74, 6) is 0.797. The standard InChI is InChI=1S/C20H16N2O3/c21-11-14-18(12-5-2-1-3-6-12)19-15(23)9-13(16-7-4-8-24-16)10-17(19)25-20(14)22/h1-8,13,18H,9-10,22H2/t13-,18+/m1/s1. The third-order valence-corrected chi connectivity index (χ3v) is 4.74. The number of benzene rings is 1. The van der Waals surface area contributed by atoms with E-state index in [2.05, 4.69) is 6.07 Å². The topological polar surface area (TPSA) is 89.3 Å². The summed E-state index contributed by atoms with van der Waals surface area (Å²) in [4.78, 5) is 12.9. The Morgan fingerprint density at radius 2 is 1.92 bits per heavy atom. The number of furan rings is 1. The van der Waals surface area contributed by atoms with Crippen molar-refractivity contribution in [2.75, 3.05) is 0 Å². The van der Waals surface area contributed by atoms with Gasteiger partial charge in [0.1, 0.15) is 23.2 Å². The molecule has 0 saturated carbocycles. The van der Waals surface area contributed by atoms with E-state index in [1.165, 1.54) is 0 Å². The Bertz CT molecular complexity index is 918. The summed E-state index contributed by atoms with van der Waals surface area (Å²) in [5, 5.41) is 9.56. The van der Waals surface area contributed by atoms with Crippen LogP contribution in [0.1, 0.15) is 36.0 Å². The molecule has 0 radical (unpaired) electrons. The summed E-state index contributed by atoms with van der Waals surface area (Å²) in [6, 6.07) is 15.3. The SMILES string of the molecule is N#CC1=C(N)OC2=C(C(=O)C[C@@H](c3ccco3)C2)[C@H]1c1ccccc1. The highest BCUT2D eigenvalue weighted by Crippen LogP contribution is 2.46. The fourth-order valence-electron chi connectivity index (χ4n) is 3.61. The predicted octanol–water partition coefficient (Wildman–Crippen LogP) is 3.49. The number of nitriles is 1. The molecule has 124 valence electrons. The molecule has 5 nitrogen and oxygen atoms in total. The predicted molar refractivity (Wildman–Crippen MR) is 89.8 cm³/mol. The maximum atomic E-state index is 12.9. The molecular formula is C20H16N2O3. The third-order valence-electron chi connectivity index (χ3n) is 4.74. The summed E-state index contributed by atoms with van der Waals surface area (Å²) in [6.07, 6.45) is 2.45. The second-order valence-electron chi connectivity index (χ2n) is 6.22. The molecule has 1 aromatic heterocycles. The highest BCUT2D eigenvalue weighted by Gasteiger charge is 2.41. The Morgan fingerprint density at radius 3 is 2.60 bits per heavy atom. The fraction of sp³-hybridized carbons (Fsp3) is 0.200. The lowest BCUT2D eigenvalue weighted by molar-refractivity contribution is -0.117. The summed E-state index contributed by atoms with van der Waals surface area (Å²) in [7, 11) is 0. The minimum Gasteiger partial charge on any atom is -0.469 e. The van der Waals surface area contributed by atoms with Gasteiger partial charge in [-0.3, -0.25) is 4.79 Å². The number of Topliss-reactive ketones (excluding diaryl/α,β-unsaturated/α-hetero) is 1. The van der Waals surface area contributed by atoms with Gasteiger partial charge in [-0.2, -0.15) is 5.26 Å². The quantitative estimate of drug-likeness (QED) is 0.909. The van der Waals surface area contributed by atoms with Crippen LogP contribution in [0.3, 0.4) is 0 Å². The van der Waals surface area contributed by atoms with Crippen LogP contribution in [0.15, 0.2) is 75.9 Å². The molecule has 2 aliphatic rings. The van der Waals surface area contributed by atoms with Crippen LogP contribution in [-0.2, 0) is 9.53 Å². The lowest BCUT2D eigenvalue weighted by atomic mass is 9.74. The lowest BCUT2D eigenvalue weighted by Crippen LogP contribution is -2.29. The van der Waals surface area contributed by atoms with Crippen LogP contribution in [0.25, 0.3) is 0 Å². The van der Waals surface area contributed by atoms with Crippen molar-refractivity contribution < 1.29 is 13.9 Å². The van der Waals surface area contributed by atoms with Crippen LogP contribution in [-0.4, -0.2) is 5.78 Å². The van der Waals surface area contributed by atoms with Crippen molar-refractivity contribution in [3.63, 3.8) is 0 Å². The van der Waals surface area contributed by atoms with Crippen molar-refractivity contribution in [2.24, 2.45) is 5.73 Å². The van der Waals surface area contributed by atoms with E-state index < -0.39 is 5.92 Å². The molecule has 0 saturated heterocycles. The van der Waals surface area contributed by atoms with Gasteiger partial charge in [0.25, 0.3) is 0 Å². The Kier molecular flexibility index (Phi) is 3.66. The van der Waals surface area contributed by atoms with Crippen molar-refractivity contribution in [1.29, 1.82) is 5.26 Å². The molecule has 0 fully saturated rings. The number of rotatable bonds is 2. The number of hydrogen-bond donors (Lipinski definition) is 1. The molecule has 0 amide bonds. The minimum absolute atomic E-state index is 0.0308. The minimum atomic E-state index is -0.472. The molecule has 2 aromatic rings. The summed E-state index contributed by atoms with van der Waals surface area (Å²) in [5.41, 5.74) is 7.69. The Balaban J connectivity index is 1.80. The molecule has 1 aromatic carbocycles. The van der Waals surface area contributed by atoms with Gasteiger partial charge in [0.2, 0.25) is 5.88 Å². The first-order chi connectivity index (χ1) is 12.2. The van der Waals surface area contributed by atoms with Crippen LogP contribution in [0, 0.1) is 11.3 Å². The van der Waals surface area contributed by atoms with Crippen LogP contribution in [0.2, 0.25) is 0 Å². The summed E-state index contributed by atoms with van der Waals surface area (Å²) >= 11 is 0. The number of carbonyl (C=O) groups excluding carboxylic acids is 1. The molecule has 1 aliphatic carbocycles. The average molecular weight is 332 g/mol. The maximum absolute atomic E-state index is 12.9. The van der Waals surface area contributed by atoms with E-state index in [1.807, 2.05) is 36.4 Å². The zero-order chi connectivity index (χ0) is 17.4. The van der Waals surface area contributed by atoms with Gasteiger partial charge in [-0.15, -0.1) is 0 Å². The second-order valence-corrected chi connectivity index (χ2v) is 6.22. The van der Waals surface area contributed by atoms with Gasteiger partial charge in [-0.1, -0.05) is 30.3 Å². The molecule has 0 bridgehead atoms. The summed E-state index contributed by atoms with van der Waals surface area (Å²) in [6.45, 7) is 0. The smallest absolute Gasteiger partial charge is 0.205 e. The van der Waals surface area contributed by atoms with Crippen LogP contribution in [0.5, 0.6) is 0 Å². The number of ketones is 1. The second kappa shape index (κ2) is 5.99. The van der Waals surface area contributed by atoms with Crippen molar-refractivity contribution in [1.82, 2.24) is 0 Å². The van der Waals surface area contributed by atoms with E-state index in [1.54, 1.807) is 12.3 Å². The summed E-state index contributed by atoms with van der Waals surface area (Å²) < 4.78 is 11.2. The molecule has 0 spiro atoms. The molecule has 0 unspecified atom stereocenters. The maximum Gasteiger partial charge on any atom is 0.205 e. The van der Waals surface area contributed by atoms with Crippen molar-refractivity contribution in [3.8, 4) is 6.07 Å². The third kappa shape index (κ3) is 2.52. The molecule has 1 aliphatic heterocycles. The van der Waals surface area contributed by atoms with Gasteiger partial charge in [0, 0.05) is 24.3 Å². The first-order valence-electron chi connectivity index (χ1n) is 8.11. The number of nitrogens with zero attached hydrogens (tertiary/aromatic N) is 1. The van der Waals surface area contributed by atoms with Gasteiger partial charge in [-0.05, 0) is 17.7 Å². The van der Waals surface area contributed by atoms with E-state index in [0.29, 0.717) is 24.2 Å². The van der Waals surface area contributed by atoms with Gasteiger partial charge < -0.3 is 14.9 Å². The molecule has 2 N–H and O–H groups in total. The zero-order valence-electron chi connectivity index (χ0n) is 13.4. The highest BCUT2D eigenvalue weighted by atomic mass is 16.5. The molecule has 2 atom stereocenters. The Morgan fingerprint density at radius 1 is 1.12 bits per heavy atom. The van der Waals surface area contributed by atoms with E-state index in [-0.39, 0.29) is 23.2 Å². The first-order valence-corrected chi connectivity index (χ1v) is 8.11. The number of carbonyl (C=O) groups is 1. The highest BCUT2D eigenvalue weighted by molar-refractivity contribution is 6.00. The molecule has 4 rings (SSSR count). The van der Waals surface area contributed by atoms with Gasteiger partial charge in [0.05, 0.1) is 12.2 Å². The average Bonchev–Trinajstić information content (AvgIpc) is 3.16. The van der Waals surface area contributed by atoms with E-state index >= 15 is 0 Å². The van der Waals surface area contributed by atoms with Crippen LogP contribution >= 0.6 is 0 Å². The molecule has 5 heteroatoms. The van der Waals surface area contributed by atoms with E-state index in [9.17, 15) is 10.1 Å². The monoisotopic (exact) mass is 332 g/mol. The number of ether oxygens (including phenoxy) is 1. The molecule has 25 heavy (non-hydrogen) atoms. The van der Waals surface area contributed by atoms with Gasteiger partial charge in [-0.25, -0.2) is 0 Å². The van der Waals surface area contributed by atoms with Gasteiger partial charge >= 0.3 is 0 Å². The van der Waals surface area contributed by atoms with E-state index in [0.717, 1.165) is 11.3 Å². The van der Waals surface area contributed by atoms with Crippen LogP contribution < -0.4 is 5.73 Å². The lowest BCUT2D eigenvalue weighted by Gasteiger charge is -2.33. The van der Waals surface area contributed by atoms with Gasteiger partial charge in [0.15, 0.2) is 5.78 Å². The molecule has 2 heterocycles. The Hall–Kier alpha value is -3.26. The normalized spacial score (nSPS) is 23.1.